The summed E-state index contributed by atoms with van der Waals surface area (Å²) in [5.74, 6) is 0. The van der Waals surface area contributed by atoms with Crippen LogP contribution in [-0.2, 0) is 0 Å². The average molecular weight is 394 g/mol. The molecule has 0 aliphatic carbocycles. The highest BCUT2D eigenvalue weighted by Gasteiger charge is 2.25. The number of hydrogen-bond acceptors (Lipinski definition) is 2. The number of halogens is 2. The van der Waals surface area contributed by atoms with Crippen LogP contribution in [0, 0.1) is 6.92 Å². The van der Waals surface area contributed by atoms with E-state index in [2.05, 4.69) is 53.2 Å². The van der Waals surface area contributed by atoms with Gasteiger partial charge in [0.25, 0.3) is 0 Å². The molecule has 2 aromatic rings. The van der Waals surface area contributed by atoms with E-state index in [1.165, 1.54) is 11.3 Å². The van der Waals surface area contributed by atoms with Gasteiger partial charge in [-0.1, -0.05) is 40.9 Å². The zero-order valence-electron chi connectivity index (χ0n) is 14.3. The normalized spacial score (nSPS) is 17.5. The van der Waals surface area contributed by atoms with Gasteiger partial charge in [0.1, 0.15) is 0 Å². The Hall–Kier alpha value is -1.49. The van der Waals surface area contributed by atoms with E-state index in [4.69, 9.17) is 35.4 Å². The summed E-state index contributed by atoms with van der Waals surface area (Å²) in [5, 5.41) is 5.12. The van der Waals surface area contributed by atoms with Gasteiger partial charge in [-0.05, 0) is 56.4 Å². The molecule has 1 N–H and O–H groups in total. The lowest BCUT2D eigenvalue weighted by atomic mass is 10.1. The predicted octanol–water partition coefficient (Wildman–Crippen LogP) is 5.21. The summed E-state index contributed by atoms with van der Waals surface area (Å²) in [6.45, 7) is 7.00. The summed E-state index contributed by atoms with van der Waals surface area (Å²) < 4.78 is 0. The molecule has 6 heteroatoms. The predicted molar refractivity (Wildman–Crippen MR) is 112 cm³/mol. The van der Waals surface area contributed by atoms with Crippen molar-refractivity contribution in [1.82, 2.24) is 4.90 Å². The zero-order chi connectivity index (χ0) is 18.0. The Morgan fingerprint density at radius 3 is 2.48 bits per heavy atom. The Balaban J connectivity index is 1.64. The molecule has 132 valence electrons. The van der Waals surface area contributed by atoms with Crippen molar-refractivity contribution in [2.24, 2.45) is 0 Å². The molecule has 1 aliphatic heterocycles. The first-order valence-electron chi connectivity index (χ1n) is 8.28. The lowest BCUT2D eigenvalue weighted by Gasteiger charge is -2.42. The second-order valence-corrected chi connectivity index (χ2v) is 7.61. The Bertz CT molecular complexity index is 764. The average Bonchev–Trinajstić information content (AvgIpc) is 2.58. The van der Waals surface area contributed by atoms with Gasteiger partial charge >= 0.3 is 0 Å². The summed E-state index contributed by atoms with van der Waals surface area (Å²) in [5.41, 5.74) is 3.32. The molecule has 0 amide bonds. The number of nitrogens with zero attached hydrogens (tertiary/aromatic N) is 2. The Labute approximate surface area is 164 Å². The van der Waals surface area contributed by atoms with Crippen molar-refractivity contribution in [3.8, 4) is 0 Å². The number of hydrogen-bond donors (Lipinski definition) is 1. The molecule has 3 nitrogen and oxygen atoms in total. The minimum Gasteiger partial charge on any atom is -0.365 e. The Morgan fingerprint density at radius 2 is 1.84 bits per heavy atom. The van der Waals surface area contributed by atoms with Gasteiger partial charge < -0.3 is 15.1 Å². The number of rotatable bonds is 2. The fourth-order valence-electron chi connectivity index (χ4n) is 3.05. The number of benzene rings is 2. The van der Waals surface area contributed by atoms with E-state index >= 15 is 0 Å². The fraction of sp³-hybridized carbons (Fsp3) is 0.316. The molecular weight excluding hydrogens is 373 g/mol. The SMILES string of the molecule is Cc1ccc(N2CCN(C(=S)Nc3ccc(Cl)cc3Cl)CC2C)cc1. The molecule has 2 aromatic carbocycles. The van der Waals surface area contributed by atoms with Crippen LogP contribution in [0.15, 0.2) is 42.5 Å². The summed E-state index contributed by atoms with van der Waals surface area (Å²) in [4.78, 5) is 4.61. The lowest BCUT2D eigenvalue weighted by Crippen LogP contribution is -2.54. The maximum absolute atomic E-state index is 6.22. The molecule has 0 aromatic heterocycles. The molecule has 1 unspecified atom stereocenters. The van der Waals surface area contributed by atoms with Crippen molar-refractivity contribution >= 4 is 51.9 Å². The van der Waals surface area contributed by atoms with Crippen LogP contribution in [0.4, 0.5) is 11.4 Å². The molecule has 1 heterocycles. The third kappa shape index (κ3) is 4.38. The third-order valence-electron chi connectivity index (χ3n) is 4.45. The zero-order valence-corrected chi connectivity index (χ0v) is 16.6. The number of piperazine rings is 1. The highest BCUT2D eigenvalue weighted by Crippen LogP contribution is 2.26. The summed E-state index contributed by atoms with van der Waals surface area (Å²) in [6, 6.07) is 14.4. The van der Waals surface area contributed by atoms with Gasteiger partial charge in [-0.25, -0.2) is 0 Å². The van der Waals surface area contributed by atoms with Crippen LogP contribution in [0.5, 0.6) is 0 Å². The van der Waals surface area contributed by atoms with E-state index < -0.39 is 0 Å². The highest BCUT2D eigenvalue weighted by atomic mass is 35.5. The van der Waals surface area contributed by atoms with Crippen molar-refractivity contribution in [2.45, 2.75) is 19.9 Å². The van der Waals surface area contributed by atoms with Gasteiger partial charge in [0.05, 0.1) is 10.7 Å². The van der Waals surface area contributed by atoms with Crippen molar-refractivity contribution in [3.05, 3.63) is 58.1 Å². The summed E-state index contributed by atoms with van der Waals surface area (Å²) in [7, 11) is 0. The molecule has 0 spiro atoms. The van der Waals surface area contributed by atoms with Gasteiger partial charge in [0.2, 0.25) is 0 Å². The number of thiocarbonyl (C=S) groups is 1. The van der Waals surface area contributed by atoms with E-state index in [1.807, 2.05) is 6.07 Å². The van der Waals surface area contributed by atoms with Crippen LogP contribution < -0.4 is 10.2 Å². The largest absolute Gasteiger partial charge is 0.365 e. The van der Waals surface area contributed by atoms with Crippen LogP contribution in [0.3, 0.4) is 0 Å². The number of aryl methyl sites for hydroxylation is 1. The summed E-state index contributed by atoms with van der Waals surface area (Å²) >= 11 is 17.7. The quantitative estimate of drug-likeness (QED) is 0.705. The van der Waals surface area contributed by atoms with E-state index in [1.54, 1.807) is 12.1 Å². The van der Waals surface area contributed by atoms with Gasteiger partial charge in [0.15, 0.2) is 5.11 Å². The monoisotopic (exact) mass is 393 g/mol. The molecule has 0 bridgehead atoms. The van der Waals surface area contributed by atoms with E-state index in [0.717, 1.165) is 25.3 Å². The van der Waals surface area contributed by atoms with Crippen molar-refractivity contribution in [1.29, 1.82) is 0 Å². The van der Waals surface area contributed by atoms with E-state index in [-0.39, 0.29) is 0 Å². The molecule has 1 saturated heterocycles. The van der Waals surface area contributed by atoms with Gasteiger partial charge in [-0.2, -0.15) is 0 Å². The second-order valence-electron chi connectivity index (χ2n) is 6.38. The van der Waals surface area contributed by atoms with Crippen LogP contribution in [0.1, 0.15) is 12.5 Å². The first kappa shape index (κ1) is 18.3. The number of anilines is 2. The lowest BCUT2D eigenvalue weighted by molar-refractivity contribution is 0.342. The van der Waals surface area contributed by atoms with Crippen molar-refractivity contribution in [3.63, 3.8) is 0 Å². The van der Waals surface area contributed by atoms with Gasteiger partial charge in [0, 0.05) is 36.4 Å². The van der Waals surface area contributed by atoms with Gasteiger partial charge in [-0.3, -0.25) is 0 Å². The van der Waals surface area contributed by atoms with E-state index in [0.29, 0.717) is 21.2 Å². The molecular formula is C19H21Cl2N3S. The number of nitrogens with one attached hydrogen (secondary N) is 1. The van der Waals surface area contributed by atoms with Crippen LogP contribution >= 0.6 is 35.4 Å². The van der Waals surface area contributed by atoms with Crippen molar-refractivity contribution in [2.75, 3.05) is 29.9 Å². The van der Waals surface area contributed by atoms with Crippen LogP contribution in [0.25, 0.3) is 0 Å². The Morgan fingerprint density at radius 1 is 1.12 bits per heavy atom. The molecule has 25 heavy (non-hydrogen) atoms. The molecule has 0 saturated carbocycles. The minimum absolute atomic E-state index is 0.372. The maximum atomic E-state index is 6.22. The van der Waals surface area contributed by atoms with Gasteiger partial charge in [-0.15, -0.1) is 0 Å². The standard InChI is InChI=1S/C19H21Cl2N3S/c1-13-3-6-16(7-4-13)24-10-9-23(12-14(24)2)19(25)22-18-8-5-15(20)11-17(18)21/h3-8,11,14H,9-10,12H2,1-2H3,(H,22,25). The third-order valence-corrected chi connectivity index (χ3v) is 5.36. The molecule has 1 fully saturated rings. The minimum atomic E-state index is 0.372. The fourth-order valence-corrected chi connectivity index (χ4v) is 3.78. The Kier molecular flexibility index (Phi) is 5.72. The highest BCUT2D eigenvalue weighted by molar-refractivity contribution is 7.80. The molecule has 1 aliphatic rings. The van der Waals surface area contributed by atoms with Crippen LogP contribution in [-0.4, -0.2) is 35.7 Å². The molecule has 1 atom stereocenters. The smallest absolute Gasteiger partial charge is 0.173 e. The molecule has 0 radical (unpaired) electrons. The first-order valence-corrected chi connectivity index (χ1v) is 9.45. The topological polar surface area (TPSA) is 18.5 Å². The maximum Gasteiger partial charge on any atom is 0.173 e. The van der Waals surface area contributed by atoms with Crippen molar-refractivity contribution < 1.29 is 0 Å². The molecule has 3 rings (SSSR count). The second kappa shape index (κ2) is 7.81. The van der Waals surface area contributed by atoms with E-state index in [9.17, 15) is 0 Å². The van der Waals surface area contributed by atoms with Crippen LogP contribution in [0.2, 0.25) is 10.0 Å². The summed E-state index contributed by atoms with van der Waals surface area (Å²) in [6.07, 6.45) is 0. The first-order chi connectivity index (χ1) is 11.9.